The summed E-state index contributed by atoms with van der Waals surface area (Å²) in [5, 5.41) is 14.6. The second-order valence-electron chi connectivity index (χ2n) is 3.98. The molecule has 0 fully saturated rings. The normalized spacial score (nSPS) is 10.8. The molecule has 0 aliphatic heterocycles. The van der Waals surface area contributed by atoms with Crippen LogP contribution in [0.25, 0.3) is 0 Å². The van der Waals surface area contributed by atoms with Gasteiger partial charge in [0.15, 0.2) is 11.4 Å². The molecule has 0 aliphatic rings. The molecule has 0 saturated carbocycles. The van der Waals surface area contributed by atoms with Crippen molar-refractivity contribution in [2.75, 3.05) is 11.6 Å². The number of amidine groups is 1. The molecule has 0 radical (unpaired) electrons. The number of halogens is 1. The summed E-state index contributed by atoms with van der Waals surface area (Å²) in [5.41, 5.74) is 1.65. The smallest absolute Gasteiger partial charge is 0.183 e. The summed E-state index contributed by atoms with van der Waals surface area (Å²) in [6.45, 7) is 0. The first-order valence-electron chi connectivity index (χ1n) is 6.13. The molecular formula is C15H13FN4S. The van der Waals surface area contributed by atoms with Crippen molar-refractivity contribution in [1.29, 1.82) is 5.26 Å². The zero-order valence-electron chi connectivity index (χ0n) is 11.3. The Kier molecular flexibility index (Phi) is 5.18. The highest BCUT2D eigenvalue weighted by molar-refractivity contribution is 8.13. The van der Waals surface area contributed by atoms with Gasteiger partial charge in [0.2, 0.25) is 0 Å². The number of hydrogen-bond donors (Lipinski definition) is 2. The molecule has 0 heterocycles. The van der Waals surface area contributed by atoms with Gasteiger partial charge in [0.05, 0.1) is 17.1 Å². The summed E-state index contributed by atoms with van der Waals surface area (Å²) < 4.78 is 13.7. The lowest BCUT2D eigenvalue weighted by Crippen LogP contribution is -2.12. The Morgan fingerprint density at radius 3 is 2.48 bits per heavy atom. The number of aliphatic imine (C=N–C) groups is 1. The van der Waals surface area contributed by atoms with E-state index in [4.69, 9.17) is 5.26 Å². The van der Waals surface area contributed by atoms with E-state index in [9.17, 15) is 4.39 Å². The molecular weight excluding hydrogens is 287 g/mol. The van der Waals surface area contributed by atoms with Crippen molar-refractivity contribution < 1.29 is 4.39 Å². The minimum atomic E-state index is -0.337. The molecule has 0 bridgehead atoms. The number of nitrogens with one attached hydrogen (secondary N) is 2. The summed E-state index contributed by atoms with van der Waals surface area (Å²) in [6.07, 6.45) is 3.65. The van der Waals surface area contributed by atoms with Gasteiger partial charge in [-0.25, -0.2) is 9.38 Å². The van der Waals surface area contributed by atoms with E-state index < -0.39 is 0 Å². The summed E-state index contributed by atoms with van der Waals surface area (Å²) >= 11 is 1.32. The fourth-order valence-electron chi connectivity index (χ4n) is 1.67. The van der Waals surface area contributed by atoms with Gasteiger partial charge in [0.1, 0.15) is 5.82 Å². The van der Waals surface area contributed by atoms with Crippen LogP contribution in [-0.2, 0) is 0 Å². The molecule has 0 unspecified atom stereocenters. The highest BCUT2D eigenvalue weighted by Gasteiger charge is 2.06. The van der Waals surface area contributed by atoms with Gasteiger partial charge in [-0.05, 0) is 30.5 Å². The van der Waals surface area contributed by atoms with Crippen molar-refractivity contribution in [3.05, 3.63) is 54.3 Å². The van der Waals surface area contributed by atoms with Crippen LogP contribution in [0.15, 0.2) is 53.5 Å². The van der Waals surface area contributed by atoms with Crippen LogP contribution in [0.1, 0.15) is 0 Å². The molecule has 2 rings (SSSR count). The van der Waals surface area contributed by atoms with Crippen molar-refractivity contribution in [3.8, 4) is 6.19 Å². The monoisotopic (exact) mass is 300 g/mol. The van der Waals surface area contributed by atoms with Crippen LogP contribution >= 0.6 is 11.8 Å². The third-order valence-electron chi connectivity index (χ3n) is 2.63. The number of benzene rings is 2. The fourth-order valence-corrected chi connectivity index (χ4v) is 2.00. The van der Waals surface area contributed by atoms with Crippen molar-refractivity contribution in [1.82, 2.24) is 5.32 Å². The number of para-hydroxylation sites is 3. The molecule has 6 heteroatoms. The highest BCUT2D eigenvalue weighted by Crippen LogP contribution is 2.29. The SMILES string of the molecule is CSC(=Nc1ccccc1Nc1ccccc1F)NC#N. The molecule has 0 saturated heterocycles. The molecule has 2 aromatic rings. The Bertz CT molecular complexity index is 694. The maximum absolute atomic E-state index is 13.7. The average molecular weight is 300 g/mol. The Hall–Kier alpha value is -2.52. The number of anilines is 2. The number of nitriles is 1. The quantitative estimate of drug-likeness (QED) is 0.389. The van der Waals surface area contributed by atoms with E-state index in [-0.39, 0.29) is 5.82 Å². The average Bonchev–Trinajstić information content (AvgIpc) is 2.51. The van der Waals surface area contributed by atoms with E-state index in [0.717, 1.165) is 0 Å². The van der Waals surface area contributed by atoms with Gasteiger partial charge in [0.25, 0.3) is 0 Å². The third kappa shape index (κ3) is 3.97. The molecule has 0 aromatic heterocycles. The van der Waals surface area contributed by atoms with Gasteiger partial charge < -0.3 is 5.32 Å². The molecule has 2 aromatic carbocycles. The van der Waals surface area contributed by atoms with Gasteiger partial charge >= 0.3 is 0 Å². The first-order chi connectivity index (χ1) is 10.2. The van der Waals surface area contributed by atoms with Gasteiger partial charge in [-0.1, -0.05) is 36.0 Å². The lowest BCUT2D eigenvalue weighted by atomic mass is 10.2. The lowest BCUT2D eigenvalue weighted by Gasteiger charge is -2.10. The minimum absolute atomic E-state index is 0.337. The lowest BCUT2D eigenvalue weighted by molar-refractivity contribution is 0.632. The predicted molar refractivity (Wildman–Crippen MR) is 85.5 cm³/mol. The van der Waals surface area contributed by atoms with Crippen LogP contribution in [0, 0.1) is 17.3 Å². The zero-order valence-corrected chi connectivity index (χ0v) is 12.1. The van der Waals surface area contributed by atoms with Crippen molar-refractivity contribution in [2.24, 2.45) is 4.99 Å². The molecule has 2 N–H and O–H groups in total. The summed E-state index contributed by atoms with van der Waals surface area (Å²) in [7, 11) is 0. The van der Waals surface area contributed by atoms with Crippen molar-refractivity contribution in [2.45, 2.75) is 0 Å². The van der Waals surface area contributed by atoms with Crippen LogP contribution in [0.4, 0.5) is 21.5 Å². The molecule has 21 heavy (non-hydrogen) atoms. The second-order valence-corrected chi connectivity index (χ2v) is 4.77. The Morgan fingerprint density at radius 1 is 1.14 bits per heavy atom. The predicted octanol–water partition coefficient (Wildman–Crippen LogP) is 3.99. The van der Waals surface area contributed by atoms with E-state index in [2.05, 4.69) is 15.6 Å². The van der Waals surface area contributed by atoms with Crippen LogP contribution < -0.4 is 10.6 Å². The fraction of sp³-hybridized carbons (Fsp3) is 0.0667. The van der Waals surface area contributed by atoms with Crippen LogP contribution in [0.5, 0.6) is 0 Å². The van der Waals surface area contributed by atoms with Gasteiger partial charge in [-0.3, -0.25) is 5.32 Å². The third-order valence-corrected chi connectivity index (χ3v) is 3.21. The van der Waals surface area contributed by atoms with E-state index in [1.165, 1.54) is 17.8 Å². The molecule has 0 amide bonds. The van der Waals surface area contributed by atoms with E-state index in [1.807, 2.05) is 24.6 Å². The Labute approximate surface area is 126 Å². The maximum atomic E-state index is 13.7. The number of hydrogen-bond acceptors (Lipinski definition) is 4. The summed E-state index contributed by atoms with van der Waals surface area (Å²) in [6, 6.07) is 13.7. The standard InChI is InChI=1S/C15H13FN4S/c1-21-15(18-10-17)20-14-9-5-4-8-13(14)19-12-7-3-2-6-11(12)16/h2-9,19H,1H3,(H,18,20). The number of nitrogens with zero attached hydrogens (tertiary/aromatic N) is 2. The van der Waals surface area contributed by atoms with Gasteiger partial charge in [-0.2, -0.15) is 5.26 Å². The first-order valence-corrected chi connectivity index (χ1v) is 7.35. The second kappa shape index (κ2) is 7.31. The van der Waals surface area contributed by atoms with Crippen molar-refractivity contribution in [3.63, 3.8) is 0 Å². The first kappa shape index (κ1) is 14.9. The van der Waals surface area contributed by atoms with Gasteiger partial charge in [-0.15, -0.1) is 0 Å². The topological polar surface area (TPSA) is 60.2 Å². The number of thioether (sulfide) groups is 1. The molecule has 106 valence electrons. The van der Waals surface area contributed by atoms with Crippen LogP contribution in [0.2, 0.25) is 0 Å². The summed E-state index contributed by atoms with van der Waals surface area (Å²) in [4.78, 5) is 4.35. The highest BCUT2D eigenvalue weighted by atomic mass is 32.2. The van der Waals surface area contributed by atoms with E-state index >= 15 is 0 Å². The van der Waals surface area contributed by atoms with E-state index in [0.29, 0.717) is 22.2 Å². The molecule has 0 spiro atoms. The Balaban J connectivity index is 2.34. The van der Waals surface area contributed by atoms with E-state index in [1.54, 1.807) is 30.3 Å². The van der Waals surface area contributed by atoms with Crippen LogP contribution in [-0.4, -0.2) is 11.4 Å². The minimum Gasteiger partial charge on any atom is -0.351 e. The zero-order chi connectivity index (χ0) is 15.1. The van der Waals surface area contributed by atoms with Crippen molar-refractivity contribution >= 4 is 34.0 Å². The molecule has 0 atom stereocenters. The Morgan fingerprint density at radius 2 is 1.81 bits per heavy atom. The largest absolute Gasteiger partial charge is 0.351 e. The number of rotatable bonds is 3. The molecule has 0 aliphatic carbocycles. The maximum Gasteiger partial charge on any atom is 0.183 e. The molecule has 4 nitrogen and oxygen atoms in total. The van der Waals surface area contributed by atoms with Crippen LogP contribution in [0.3, 0.4) is 0 Å². The van der Waals surface area contributed by atoms with Gasteiger partial charge in [0, 0.05) is 0 Å². The summed E-state index contributed by atoms with van der Waals surface area (Å²) in [5.74, 6) is -0.337.